The van der Waals surface area contributed by atoms with Crippen molar-refractivity contribution in [3.63, 3.8) is 0 Å². The van der Waals surface area contributed by atoms with Crippen LogP contribution in [-0.4, -0.2) is 30.1 Å². The van der Waals surface area contributed by atoms with Gasteiger partial charge in [-0.25, -0.2) is 19.9 Å². The van der Waals surface area contributed by atoms with Crippen molar-refractivity contribution in [2.45, 2.75) is 13.5 Å². The number of aromatic amines is 2. The quantitative estimate of drug-likeness (QED) is 0.655. The highest BCUT2D eigenvalue weighted by molar-refractivity contribution is 5.56. The molecule has 3 aromatic rings. The van der Waals surface area contributed by atoms with Crippen molar-refractivity contribution in [3.05, 3.63) is 52.6 Å². The maximum Gasteiger partial charge on any atom is 0.340 e. The van der Waals surface area contributed by atoms with Crippen LogP contribution in [0.5, 0.6) is 0 Å². The van der Waals surface area contributed by atoms with Crippen molar-refractivity contribution >= 4 is 5.82 Å². The summed E-state index contributed by atoms with van der Waals surface area (Å²) in [5, 5.41) is 9.24. The predicted octanol–water partition coefficient (Wildman–Crippen LogP) is 0.871. The van der Waals surface area contributed by atoms with Gasteiger partial charge >= 0.3 is 5.69 Å². The lowest BCUT2D eigenvalue weighted by molar-refractivity contribution is 0.942. The molecule has 0 amide bonds. The Labute approximate surface area is 119 Å². The van der Waals surface area contributed by atoms with Crippen LogP contribution in [0.1, 0.15) is 11.5 Å². The SMILES string of the molecule is Cc1cc(NCc2n[nH]c(=O)[nH]2)nc(-c2cccnc2)n1. The molecule has 3 N–H and O–H groups in total. The largest absolute Gasteiger partial charge is 0.363 e. The second-order valence-corrected chi connectivity index (χ2v) is 4.44. The second-order valence-electron chi connectivity index (χ2n) is 4.44. The minimum absolute atomic E-state index is 0.332. The number of aromatic nitrogens is 6. The smallest absolute Gasteiger partial charge is 0.340 e. The summed E-state index contributed by atoms with van der Waals surface area (Å²) in [6.07, 6.45) is 3.41. The number of pyridine rings is 1. The van der Waals surface area contributed by atoms with Gasteiger partial charge in [0.1, 0.15) is 11.6 Å². The number of rotatable bonds is 4. The molecule has 0 aromatic carbocycles. The summed E-state index contributed by atoms with van der Waals surface area (Å²) >= 11 is 0. The van der Waals surface area contributed by atoms with Crippen LogP contribution in [-0.2, 0) is 6.54 Å². The van der Waals surface area contributed by atoms with E-state index in [0.29, 0.717) is 24.0 Å². The number of H-pyrrole nitrogens is 2. The highest BCUT2D eigenvalue weighted by Crippen LogP contribution is 2.16. The van der Waals surface area contributed by atoms with E-state index >= 15 is 0 Å². The van der Waals surface area contributed by atoms with Crippen LogP contribution in [0.3, 0.4) is 0 Å². The highest BCUT2D eigenvalue weighted by Gasteiger charge is 2.06. The standard InChI is InChI=1S/C13H13N7O/c1-8-5-10(15-7-11-18-13(21)20-19-11)17-12(16-8)9-3-2-4-14-6-9/h2-6H,7H2,1H3,(H,15,16,17)(H2,18,19,20,21). The van der Waals surface area contributed by atoms with E-state index in [2.05, 4.69) is 35.5 Å². The zero-order chi connectivity index (χ0) is 14.7. The fourth-order valence-corrected chi connectivity index (χ4v) is 1.85. The van der Waals surface area contributed by atoms with Crippen LogP contribution in [0, 0.1) is 6.92 Å². The lowest BCUT2D eigenvalue weighted by Gasteiger charge is -2.07. The van der Waals surface area contributed by atoms with Gasteiger partial charge in [-0.05, 0) is 19.1 Å². The Hall–Kier alpha value is -3.03. The summed E-state index contributed by atoms with van der Waals surface area (Å²) in [5.74, 6) is 1.77. The van der Waals surface area contributed by atoms with E-state index in [9.17, 15) is 4.79 Å². The molecule has 8 nitrogen and oxygen atoms in total. The van der Waals surface area contributed by atoms with Crippen LogP contribution in [0.4, 0.5) is 5.82 Å². The summed E-state index contributed by atoms with van der Waals surface area (Å²) in [4.78, 5) is 26.4. The molecule has 3 heterocycles. The highest BCUT2D eigenvalue weighted by atomic mass is 16.1. The van der Waals surface area contributed by atoms with Crippen molar-refractivity contribution in [2.24, 2.45) is 0 Å². The topological polar surface area (TPSA) is 112 Å². The Morgan fingerprint density at radius 2 is 2.24 bits per heavy atom. The van der Waals surface area contributed by atoms with Gasteiger partial charge in [-0.3, -0.25) is 9.97 Å². The molecule has 0 atom stereocenters. The van der Waals surface area contributed by atoms with E-state index in [-0.39, 0.29) is 5.69 Å². The zero-order valence-electron chi connectivity index (χ0n) is 11.3. The first-order chi connectivity index (χ1) is 10.2. The van der Waals surface area contributed by atoms with Crippen LogP contribution in [0.15, 0.2) is 35.4 Å². The Kier molecular flexibility index (Phi) is 3.42. The minimum Gasteiger partial charge on any atom is -0.363 e. The first-order valence-corrected chi connectivity index (χ1v) is 6.34. The van der Waals surface area contributed by atoms with Gasteiger partial charge in [0.15, 0.2) is 5.82 Å². The minimum atomic E-state index is -0.332. The molecular formula is C13H13N7O. The number of anilines is 1. The molecule has 0 aliphatic heterocycles. The average molecular weight is 283 g/mol. The van der Waals surface area contributed by atoms with Crippen molar-refractivity contribution in [3.8, 4) is 11.4 Å². The fourth-order valence-electron chi connectivity index (χ4n) is 1.85. The van der Waals surface area contributed by atoms with E-state index in [4.69, 9.17) is 0 Å². The summed E-state index contributed by atoms with van der Waals surface area (Å²) in [7, 11) is 0. The van der Waals surface area contributed by atoms with Gasteiger partial charge in [0.25, 0.3) is 0 Å². The molecule has 0 fully saturated rings. The van der Waals surface area contributed by atoms with Crippen LogP contribution in [0.2, 0.25) is 0 Å². The van der Waals surface area contributed by atoms with Crippen molar-refractivity contribution < 1.29 is 0 Å². The monoisotopic (exact) mass is 283 g/mol. The van der Waals surface area contributed by atoms with Gasteiger partial charge < -0.3 is 5.32 Å². The van der Waals surface area contributed by atoms with Gasteiger partial charge in [-0.1, -0.05) is 0 Å². The van der Waals surface area contributed by atoms with E-state index in [1.54, 1.807) is 12.4 Å². The predicted molar refractivity (Wildman–Crippen MR) is 76.5 cm³/mol. The van der Waals surface area contributed by atoms with E-state index in [1.807, 2.05) is 25.1 Å². The van der Waals surface area contributed by atoms with Crippen molar-refractivity contribution in [2.75, 3.05) is 5.32 Å². The van der Waals surface area contributed by atoms with Crippen molar-refractivity contribution in [1.29, 1.82) is 0 Å². The first-order valence-electron chi connectivity index (χ1n) is 6.34. The molecule has 21 heavy (non-hydrogen) atoms. The molecule has 3 aromatic heterocycles. The van der Waals surface area contributed by atoms with Gasteiger partial charge in [0.2, 0.25) is 0 Å². The molecule has 106 valence electrons. The Morgan fingerprint density at radius 1 is 1.33 bits per heavy atom. The molecule has 0 aliphatic carbocycles. The first kappa shape index (κ1) is 13.0. The lowest BCUT2D eigenvalue weighted by atomic mass is 10.2. The summed E-state index contributed by atoms with van der Waals surface area (Å²) in [5.41, 5.74) is 1.35. The molecular weight excluding hydrogens is 270 g/mol. The number of aryl methyl sites for hydroxylation is 1. The maximum atomic E-state index is 11.0. The van der Waals surface area contributed by atoms with Gasteiger partial charge in [0, 0.05) is 29.7 Å². The van der Waals surface area contributed by atoms with Crippen molar-refractivity contribution in [1.82, 2.24) is 30.1 Å². The van der Waals surface area contributed by atoms with Crippen LogP contribution in [0.25, 0.3) is 11.4 Å². The number of nitrogens with zero attached hydrogens (tertiary/aromatic N) is 4. The fraction of sp³-hybridized carbons (Fsp3) is 0.154. The van der Waals surface area contributed by atoms with Crippen LogP contribution < -0.4 is 11.0 Å². The molecule has 0 saturated carbocycles. The lowest BCUT2D eigenvalue weighted by Crippen LogP contribution is -2.06. The maximum absolute atomic E-state index is 11.0. The van der Waals surface area contributed by atoms with Gasteiger partial charge in [0.05, 0.1) is 6.54 Å². The summed E-state index contributed by atoms with van der Waals surface area (Å²) < 4.78 is 0. The third-order valence-electron chi connectivity index (χ3n) is 2.76. The third-order valence-corrected chi connectivity index (χ3v) is 2.76. The Bertz CT molecular complexity index is 794. The molecule has 0 radical (unpaired) electrons. The molecule has 8 heteroatoms. The number of hydrogen-bond acceptors (Lipinski definition) is 6. The molecule has 0 unspecified atom stereocenters. The summed E-state index contributed by atoms with van der Waals surface area (Å²) in [6, 6.07) is 5.56. The Balaban J connectivity index is 1.83. The van der Waals surface area contributed by atoms with Crippen LogP contribution >= 0.6 is 0 Å². The normalized spacial score (nSPS) is 10.5. The molecule has 0 aliphatic rings. The van der Waals surface area contributed by atoms with Gasteiger partial charge in [-0.15, -0.1) is 0 Å². The molecule has 0 bridgehead atoms. The van der Waals surface area contributed by atoms with E-state index in [0.717, 1.165) is 11.3 Å². The zero-order valence-corrected chi connectivity index (χ0v) is 11.3. The number of nitrogens with one attached hydrogen (secondary N) is 3. The third kappa shape index (κ3) is 3.11. The molecule has 0 spiro atoms. The average Bonchev–Trinajstić information content (AvgIpc) is 2.91. The van der Waals surface area contributed by atoms with E-state index in [1.165, 1.54) is 0 Å². The molecule has 0 saturated heterocycles. The second kappa shape index (κ2) is 5.53. The van der Waals surface area contributed by atoms with Gasteiger partial charge in [-0.2, -0.15) is 5.10 Å². The Morgan fingerprint density at radius 3 is 2.95 bits per heavy atom. The summed E-state index contributed by atoms with van der Waals surface area (Å²) in [6.45, 7) is 2.25. The number of hydrogen-bond donors (Lipinski definition) is 3. The van der Waals surface area contributed by atoms with E-state index < -0.39 is 0 Å². The molecule has 3 rings (SSSR count).